The first kappa shape index (κ1) is 18.6. The maximum atomic E-state index is 13.1. The molecule has 1 aliphatic heterocycles. The molecule has 1 atom stereocenters. The van der Waals surface area contributed by atoms with Crippen LogP contribution < -0.4 is 0 Å². The third kappa shape index (κ3) is 3.26. The molecule has 0 unspecified atom stereocenters. The second-order valence-corrected chi connectivity index (χ2v) is 7.88. The van der Waals surface area contributed by atoms with Crippen LogP contribution in [-0.4, -0.2) is 45.3 Å². The Kier molecular flexibility index (Phi) is 4.85. The fourth-order valence-corrected chi connectivity index (χ4v) is 5.06. The Morgan fingerprint density at radius 2 is 1.93 bits per heavy atom. The van der Waals surface area contributed by atoms with E-state index >= 15 is 0 Å². The number of para-hydroxylation sites is 1. The summed E-state index contributed by atoms with van der Waals surface area (Å²) in [6, 6.07) is 13.3. The minimum Gasteiger partial charge on any atom is -0.480 e. The molecule has 144 valence electrons. The van der Waals surface area contributed by atoms with Crippen molar-refractivity contribution in [3.05, 3.63) is 65.5 Å². The van der Waals surface area contributed by atoms with Gasteiger partial charge < -0.3 is 14.6 Å². The van der Waals surface area contributed by atoms with Crippen molar-refractivity contribution in [2.45, 2.75) is 24.0 Å². The number of benzene rings is 2. The molecule has 0 saturated heterocycles. The molecule has 0 bridgehead atoms. The van der Waals surface area contributed by atoms with Gasteiger partial charge in [-0.25, -0.2) is 4.39 Å². The van der Waals surface area contributed by atoms with Crippen LogP contribution in [0.3, 0.4) is 0 Å². The minimum absolute atomic E-state index is 0.0286. The predicted octanol–water partition coefficient (Wildman–Crippen LogP) is 3.65. The van der Waals surface area contributed by atoms with Gasteiger partial charge in [0.05, 0.1) is 5.03 Å². The van der Waals surface area contributed by atoms with Crippen molar-refractivity contribution in [3.63, 3.8) is 0 Å². The van der Waals surface area contributed by atoms with Crippen molar-refractivity contribution in [1.82, 2.24) is 9.47 Å². The first-order valence-corrected chi connectivity index (χ1v) is 9.91. The lowest BCUT2D eigenvalue weighted by Gasteiger charge is -2.31. The number of carboxylic acid groups (broad SMARTS) is 1. The number of carbonyl (C=O) groups excluding carboxylic acids is 1. The van der Waals surface area contributed by atoms with E-state index in [4.69, 9.17) is 0 Å². The van der Waals surface area contributed by atoms with Crippen molar-refractivity contribution >= 4 is 34.5 Å². The van der Waals surface area contributed by atoms with Gasteiger partial charge in [0, 0.05) is 35.3 Å². The van der Waals surface area contributed by atoms with E-state index in [1.807, 2.05) is 28.8 Å². The Morgan fingerprint density at radius 1 is 1.21 bits per heavy atom. The second kappa shape index (κ2) is 7.31. The largest absolute Gasteiger partial charge is 0.480 e. The zero-order chi connectivity index (χ0) is 19.8. The van der Waals surface area contributed by atoms with Crippen LogP contribution in [0.5, 0.6) is 0 Å². The van der Waals surface area contributed by atoms with Crippen LogP contribution in [0.2, 0.25) is 0 Å². The van der Waals surface area contributed by atoms with E-state index in [2.05, 4.69) is 0 Å². The summed E-state index contributed by atoms with van der Waals surface area (Å²) >= 11 is 1.58. The maximum absolute atomic E-state index is 13.1. The van der Waals surface area contributed by atoms with E-state index in [1.54, 1.807) is 23.7 Å². The van der Waals surface area contributed by atoms with E-state index in [0.29, 0.717) is 17.7 Å². The molecule has 7 heteroatoms. The van der Waals surface area contributed by atoms with Crippen LogP contribution in [0.1, 0.15) is 15.9 Å². The fraction of sp³-hybridized carbons (Fsp3) is 0.238. The number of nitrogens with zero attached hydrogens (tertiary/aromatic N) is 2. The van der Waals surface area contributed by atoms with Gasteiger partial charge in [0.1, 0.15) is 12.4 Å². The Bertz CT molecular complexity index is 1060. The average molecular weight is 398 g/mol. The third-order valence-electron chi connectivity index (χ3n) is 5.13. The van der Waals surface area contributed by atoms with Gasteiger partial charge in [0.15, 0.2) is 0 Å². The lowest BCUT2D eigenvalue weighted by molar-refractivity contribution is -0.137. The monoisotopic (exact) mass is 398 g/mol. The number of thioether (sulfide) groups is 1. The molecule has 0 saturated carbocycles. The van der Waals surface area contributed by atoms with Crippen molar-refractivity contribution in [3.8, 4) is 0 Å². The van der Waals surface area contributed by atoms with E-state index < -0.39 is 5.97 Å². The molecule has 1 aromatic heterocycles. The summed E-state index contributed by atoms with van der Waals surface area (Å²) in [4.78, 5) is 25.8. The van der Waals surface area contributed by atoms with Gasteiger partial charge in [-0.2, -0.15) is 0 Å². The van der Waals surface area contributed by atoms with Gasteiger partial charge in [-0.3, -0.25) is 9.59 Å². The van der Waals surface area contributed by atoms with Crippen molar-refractivity contribution in [2.24, 2.45) is 0 Å². The van der Waals surface area contributed by atoms with Gasteiger partial charge in [-0.05, 0) is 42.3 Å². The lowest BCUT2D eigenvalue weighted by Crippen LogP contribution is -2.41. The first-order valence-electron chi connectivity index (χ1n) is 8.93. The summed E-state index contributed by atoms with van der Waals surface area (Å²) in [6.45, 7) is -0.0855. The summed E-state index contributed by atoms with van der Waals surface area (Å²) in [6.07, 6.45) is 0.652. The smallest absolute Gasteiger partial charge is 0.323 e. The molecule has 28 heavy (non-hydrogen) atoms. The molecule has 5 nitrogen and oxygen atoms in total. The quantitative estimate of drug-likeness (QED) is 0.729. The van der Waals surface area contributed by atoms with E-state index in [0.717, 1.165) is 21.5 Å². The number of fused-ring (bicyclic) bond motifs is 3. The summed E-state index contributed by atoms with van der Waals surface area (Å²) in [7, 11) is 1.76. The Hall–Kier alpha value is -2.80. The molecule has 4 rings (SSSR count). The van der Waals surface area contributed by atoms with Crippen molar-refractivity contribution < 1.29 is 19.1 Å². The van der Waals surface area contributed by atoms with Gasteiger partial charge in [-0.1, -0.05) is 18.2 Å². The van der Waals surface area contributed by atoms with E-state index in [-0.39, 0.29) is 24.3 Å². The number of rotatable bonds is 4. The highest BCUT2D eigenvalue weighted by Gasteiger charge is 2.30. The molecule has 1 N–H and O–H groups in total. The van der Waals surface area contributed by atoms with Crippen LogP contribution in [0.25, 0.3) is 10.9 Å². The topological polar surface area (TPSA) is 62.5 Å². The number of amides is 1. The van der Waals surface area contributed by atoms with E-state index in [9.17, 15) is 19.1 Å². The molecule has 1 aliphatic rings. The highest BCUT2D eigenvalue weighted by atomic mass is 32.2. The standard InChI is InChI=1S/C21H19FN2O3S/c1-23(20(27)13-6-8-14(22)9-7-13)15-10-17-16-4-2-3-5-18(16)24(11-19(25)26)21(17)28-12-15/h2-9,15H,10-12H2,1H3,(H,25,26)/t15-/m0/s1. The van der Waals surface area contributed by atoms with Crippen molar-refractivity contribution in [1.29, 1.82) is 0 Å². The molecule has 3 aromatic rings. The third-order valence-corrected chi connectivity index (χ3v) is 6.42. The Balaban J connectivity index is 1.65. The van der Waals surface area contributed by atoms with E-state index in [1.165, 1.54) is 24.3 Å². The van der Waals surface area contributed by atoms with Gasteiger partial charge in [0.2, 0.25) is 0 Å². The average Bonchev–Trinajstić information content (AvgIpc) is 3.00. The zero-order valence-corrected chi connectivity index (χ0v) is 16.1. The number of carbonyl (C=O) groups is 2. The summed E-state index contributed by atoms with van der Waals surface area (Å²) < 4.78 is 15.0. The lowest BCUT2D eigenvalue weighted by atomic mass is 10.0. The van der Waals surface area contributed by atoms with Crippen LogP contribution >= 0.6 is 11.8 Å². The van der Waals surface area contributed by atoms with Crippen molar-refractivity contribution in [2.75, 3.05) is 12.8 Å². The minimum atomic E-state index is -0.880. The second-order valence-electron chi connectivity index (χ2n) is 6.87. The fourth-order valence-electron chi connectivity index (χ4n) is 3.69. The van der Waals surface area contributed by atoms with Gasteiger partial charge in [-0.15, -0.1) is 11.8 Å². The summed E-state index contributed by atoms with van der Waals surface area (Å²) in [5, 5.41) is 11.3. The highest BCUT2D eigenvalue weighted by molar-refractivity contribution is 7.99. The molecular weight excluding hydrogens is 379 g/mol. The maximum Gasteiger partial charge on any atom is 0.323 e. The number of aromatic nitrogens is 1. The number of hydrogen-bond donors (Lipinski definition) is 1. The molecule has 0 fully saturated rings. The first-order chi connectivity index (χ1) is 13.5. The van der Waals surface area contributed by atoms with Gasteiger partial charge >= 0.3 is 5.97 Å². The highest BCUT2D eigenvalue weighted by Crippen LogP contribution is 2.39. The van der Waals surface area contributed by atoms with Crippen LogP contribution in [-0.2, 0) is 17.8 Å². The number of halogens is 1. The molecule has 0 aliphatic carbocycles. The molecule has 1 amide bonds. The van der Waals surface area contributed by atoms with Crippen LogP contribution in [0.4, 0.5) is 4.39 Å². The molecule has 2 aromatic carbocycles. The summed E-state index contributed by atoms with van der Waals surface area (Å²) in [5.41, 5.74) is 2.43. The number of aliphatic carboxylic acids is 1. The molecule has 0 radical (unpaired) electrons. The number of likely N-dealkylation sites (N-methyl/N-ethyl adjacent to an activating group) is 1. The molecule has 0 spiro atoms. The molecular formula is C21H19FN2O3S. The number of hydrogen-bond acceptors (Lipinski definition) is 3. The predicted molar refractivity (Wildman–Crippen MR) is 106 cm³/mol. The molecule has 2 heterocycles. The Morgan fingerprint density at radius 3 is 2.64 bits per heavy atom. The Labute approximate surface area is 165 Å². The van der Waals surface area contributed by atoms with Crippen LogP contribution in [0.15, 0.2) is 53.6 Å². The SMILES string of the molecule is CN(C(=O)c1ccc(F)cc1)[C@@H]1CSc2c(c3ccccc3n2CC(=O)O)C1. The zero-order valence-electron chi connectivity index (χ0n) is 15.3. The number of carboxylic acids is 1. The van der Waals surface area contributed by atoms with Gasteiger partial charge in [0.25, 0.3) is 5.91 Å². The van der Waals surface area contributed by atoms with Crippen LogP contribution in [0, 0.1) is 5.82 Å². The normalized spacial score (nSPS) is 16.0. The summed E-state index contributed by atoms with van der Waals surface area (Å²) in [5.74, 6) is -0.728.